The molecule has 1 aliphatic carbocycles. The number of hydrogen-bond acceptors (Lipinski definition) is 8. The van der Waals surface area contributed by atoms with Crippen molar-refractivity contribution in [2.75, 3.05) is 0 Å². The van der Waals surface area contributed by atoms with Gasteiger partial charge in [-0.1, -0.05) is 181 Å². The molecule has 0 spiro atoms. The van der Waals surface area contributed by atoms with Gasteiger partial charge in [0.15, 0.2) is 0 Å². The maximum absolute atomic E-state index is 11.8. The summed E-state index contributed by atoms with van der Waals surface area (Å²) in [4.78, 5) is 55.8. The summed E-state index contributed by atoms with van der Waals surface area (Å²) < 4.78 is 0. The smallest absolute Gasteiger partial charge is 0.270 e. The van der Waals surface area contributed by atoms with Gasteiger partial charge < -0.3 is 9.97 Å². The molecule has 10 nitrogen and oxygen atoms in total. The number of nitrogens with zero attached hydrogens (tertiary/aromatic N) is 6. The van der Waals surface area contributed by atoms with Crippen molar-refractivity contribution in [1.82, 2.24) is 39.9 Å². The van der Waals surface area contributed by atoms with Crippen LogP contribution in [0.5, 0.6) is 0 Å². The molecule has 5 heterocycles. The minimum atomic E-state index is -0.188. The van der Waals surface area contributed by atoms with E-state index in [0.717, 1.165) is 80.3 Å². The Hall–Kier alpha value is -6.42. The Labute approximate surface area is 568 Å². The van der Waals surface area contributed by atoms with Gasteiger partial charge in [0.2, 0.25) is 0 Å². The molecular weight excluding hydrogens is 1140 g/mol. The van der Waals surface area contributed by atoms with Crippen molar-refractivity contribution < 1.29 is 0 Å². The van der Waals surface area contributed by atoms with Gasteiger partial charge in [0.25, 0.3) is 11.1 Å². The molecule has 1 aromatic carbocycles. The molecule has 7 rings (SSSR count). The molecule has 5 aromatic heterocycles. The summed E-state index contributed by atoms with van der Waals surface area (Å²) in [5.74, 6) is 0.864. The first-order chi connectivity index (χ1) is 41.6. The fraction of sp³-hybridized carbons (Fsp3) is 0.590. The maximum atomic E-state index is 11.8. The molecule has 2 N–H and O–H groups in total. The van der Waals surface area contributed by atoms with E-state index in [9.17, 15) is 9.59 Å². The van der Waals surface area contributed by atoms with E-state index in [2.05, 4.69) is 272 Å². The molecule has 0 fully saturated rings. The summed E-state index contributed by atoms with van der Waals surface area (Å²) in [5.41, 5.74) is 32.6. The molecule has 0 aliphatic heterocycles. The second-order valence-electron chi connectivity index (χ2n) is 33.7. The van der Waals surface area contributed by atoms with Crippen LogP contribution < -0.4 is 11.1 Å². The van der Waals surface area contributed by atoms with Crippen LogP contribution in [-0.2, 0) is 32.5 Å². The van der Waals surface area contributed by atoms with E-state index in [1.165, 1.54) is 78.1 Å². The molecule has 516 valence electrons. The van der Waals surface area contributed by atoms with E-state index in [4.69, 9.17) is 0 Å². The summed E-state index contributed by atoms with van der Waals surface area (Å²) >= 11 is 0. The van der Waals surface area contributed by atoms with Gasteiger partial charge in [0.1, 0.15) is 11.5 Å². The predicted molar refractivity (Wildman–Crippen MR) is 404 cm³/mol. The van der Waals surface area contributed by atoms with Gasteiger partial charge in [-0.3, -0.25) is 29.5 Å². The van der Waals surface area contributed by atoms with Crippen LogP contribution in [-0.4, -0.2) is 39.9 Å². The Balaban J connectivity index is 0.000000543. The highest BCUT2D eigenvalue weighted by Gasteiger charge is 2.27. The molecule has 0 unspecified atom stereocenters. The number of pyridine rings is 2. The van der Waals surface area contributed by atoms with Gasteiger partial charge in [-0.25, -0.2) is 9.97 Å². The molecular formula is C83H132N8O2. The number of H-pyrrole nitrogens is 2. The number of aromatic amines is 2. The minimum absolute atomic E-state index is 0.0538. The van der Waals surface area contributed by atoms with E-state index >= 15 is 0 Å². The lowest BCUT2D eigenvalue weighted by atomic mass is 9.75. The summed E-state index contributed by atoms with van der Waals surface area (Å²) in [6.45, 7) is 91.1. The standard InChI is InChI=1S/C13H21N.2C13H20.C12H19NO.2C11H18N2.C10H16N2O/c1-8-9(2)12(13(5,6)7)11(4)14-10(8)3;2*1-9-7-10(2)12(11(3)8-9)13(4,5)6;1-7-8(2)10(12(4,5)6)11(14)13-9(7)3;1-7-10(11(4,5)6)8(2)13-9(3)12-7;1-7-8(2)13-10(9(3)12-7)11(4,5)6;1-6-7(2)12-9(13)8(11-6)10(3,4)5/h1-7H3;7-8H,1-6H3;8H,2,7H2,1,3-6H3;1-6H3,(H,13,14);2*1-6H3;1-5H3,(H,12,13). The lowest BCUT2D eigenvalue weighted by Crippen LogP contribution is -2.27. The molecule has 0 saturated heterocycles. The summed E-state index contributed by atoms with van der Waals surface area (Å²) in [5, 5.41) is 0. The summed E-state index contributed by atoms with van der Waals surface area (Å²) in [6.07, 6.45) is 3.33. The van der Waals surface area contributed by atoms with Gasteiger partial charge in [-0.05, 0) is 239 Å². The van der Waals surface area contributed by atoms with Crippen LogP contribution in [0.15, 0.2) is 56.7 Å². The molecule has 1 aliphatic rings. The fourth-order valence-electron chi connectivity index (χ4n) is 13.3. The van der Waals surface area contributed by atoms with E-state index in [1.807, 2.05) is 76.2 Å². The van der Waals surface area contributed by atoms with Crippen molar-refractivity contribution in [1.29, 1.82) is 0 Å². The third-order valence-corrected chi connectivity index (χ3v) is 17.0. The van der Waals surface area contributed by atoms with Crippen LogP contribution in [0.2, 0.25) is 0 Å². The molecule has 0 bridgehead atoms. The highest BCUT2D eigenvalue weighted by atomic mass is 16.1. The molecule has 0 atom stereocenters. The first-order valence-electron chi connectivity index (χ1n) is 33.6. The van der Waals surface area contributed by atoms with Crippen molar-refractivity contribution in [3.05, 3.63) is 203 Å². The molecule has 0 amide bonds. The minimum Gasteiger partial charge on any atom is -0.326 e. The van der Waals surface area contributed by atoms with E-state index in [0.29, 0.717) is 5.69 Å². The second-order valence-corrected chi connectivity index (χ2v) is 33.7. The zero-order valence-corrected chi connectivity index (χ0v) is 67.1. The Kier molecular flexibility index (Phi) is 29.4. The Morgan fingerprint density at radius 3 is 1.12 bits per heavy atom. The fourth-order valence-corrected chi connectivity index (χ4v) is 13.3. The number of allylic oxidation sites excluding steroid dienone is 5. The largest absolute Gasteiger partial charge is 0.326 e. The zero-order valence-electron chi connectivity index (χ0n) is 67.1. The first kappa shape index (κ1) is 84.6. The third kappa shape index (κ3) is 24.7. The molecule has 10 heteroatoms. The first-order valence-corrected chi connectivity index (χ1v) is 33.6. The van der Waals surface area contributed by atoms with Crippen LogP contribution in [0, 0.1) is 130 Å². The predicted octanol–water partition coefficient (Wildman–Crippen LogP) is 21.5. The monoisotopic (exact) mass is 1270 g/mol. The summed E-state index contributed by atoms with van der Waals surface area (Å²) in [7, 11) is 0. The van der Waals surface area contributed by atoms with Crippen molar-refractivity contribution in [3.63, 3.8) is 0 Å². The normalized spacial score (nSPS) is 12.9. The third-order valence-electron chi connectivity index (χ3n) is 17.0. The van der Waals surface area contributed by atoms with Crippen molar-refractivity contribution in [3.8, 4) is 0 Å². The molecule has 0 radical (unpaired) electrons. The van der Waals surface area contributed by atoms with Crippen molar-refractivity contribution in [2.24, 2.45) is 5.41 Å². The molecule has 93 heavy (non-hydrogen) atoms. The van der Waals surface area contributed by atoms with Crippen LogP contribution in [0.4, 0.5) is 0 Å². The van der Waals surface area contributed by atoms with Gasteiger partial charge in [-0.2, -0.15) is 0 Å². The number of hydrogen-bond donors (Lipinski definition) is 2. The average molecular weight is 1270 g/mol. The zero-order chi connectivity index (χ0) is 73.3. The van der Waals surface area contributed by atoms with Gasteiger partial charge in [-0.15, -0.1) is 0 Å². The van der Waals surface area contributed by atoms with Crippen LogP contribution >= 0.6 is 0 Å². The van der Waals surface area contributed by atoms with E-state index in [1.54, 1.807) is 0 Å². The Morgan fingerprint density at radius 2 is 0.720 bits per heavy atom. The molecule has 0 saturated carbocycles. The van der Waals surface area contributed by atoms with Gasteiger partial charge in [0, 0.05) is 50.6 Å². The Morgan fingerprint density at radius 1 is 0.344 bits per heavy atom. The average Bonchev–Trinajstić information content (AvgIpc) is 0.846. The highest BCUT2D eigenvalue weighted by molar-refractivity contribution is 5.48. The maximum Gasteiger partial charge on any atom is 0.270 e. The number of aromatic nitrogens is 8. The second kappa shape index (κ2) is 32.3. The lowest BCUT2D eigenvalue weighted by molar-refractivity contribution is 0.503. The van der Waals surface area contributed by atoms with E-state index in [-0.39, 0.29) is 49.0 Å². The quantitative estimate of drug-likeness (QED) is 0.153. The van der Waals surface area contributed by atoms with Crippen molar-refractivity contribution >= 4 is 0 Å². The summed E-state index contributed by atoms with van der Waals surface area (Å²) in [6, 6.07) is 4.54. The van der Waals surface area contributed by atoms with Crippen LogP contribution in [0.25, 0.3) is 0 Å². The molecule has 6 aromatic rings. The lowest BCUT2D eigenvalue weighted by Gasteiger charge is -2.30. The number of nitrogens with one attached hydrogen (secondary N) is 2. The van der Waals surface area contributed by atoms with Gasteiger partial charge in [0.05, 0.1) is 28.5 Å². The van der Waals surface area contributed by atoms with Crippen LogP contribution in [0.3, 0.4) is 0 Å². The van der Waals surface area contributed by atoms with Gasteiger partial charge >= 0.3 is 0 Å². The highest BCUT2D eigenvalue weighted by Crippen LogP contribution is 2.39. The number of benzene rings is 1. The van der Waals surface area contributed by atoms with Crippen LogP contribution in [0.1, 0.15) is 301 Å². The SMILES string of the molecule is C=C1CC(C)=CC(C)=C1C(C)(C)C.Cc1[nH]c(=O)c(C(C)(C)C)c(C)c1C.Cc1cc(C)c(C(C)(C)C)c(C)c1.Cc1nc(C(C)(C)C)c(=O)[nH]c1C.Cc1nc(C)c(C(C)(C)C)c(C)c1C.Cc1nc(C)c(C(C)(C)C)c(C)n1.Cc1nc(C)c(C(C)(C)C)nc1C. The number of aryl methyl sites for hydroxylation is 14. The van der Waals surface area contributed by atoms with E-state index < -0.39 is 0 Å². The number of rotatable bonds is 0. The Bertz CT molecular complexity index is 3670. The van der Waals surface area contributed by atoms with Crippen molar-refractivity contribution in [2.45, 2.75) is 323 Å². The topological polar surface area (TPSA) is 143 Å².